The molecule has 4 heteroatoms. The molecule has 0 bridgehead atoms. The zero-order valence-corrected chi connectivity index (χ0v) is 16.5. The summed E-state index contributed by atoms with van der Waals surface area (Å²) in [4.78, 5) is 18.4. The first-order valence-corrected chi connectivity index (χ1v) is 10.1. The minimum Gasteiger partial charge on any atom is -0.328 e. The monoisotopic (exact) mass is 390 g/mol. The third-order valence-electron chi connectivity index (χ3n) is 5.42. The molecule has 1 saturated carbocycles. The van der Waals surface area contributed by atoms with Crippen LogP contribution in [-0.2, 0) is 6.42 Å². The molecule has 2 aromatic heterocycles. The van der Waals surface area contributed by atoms with Crippen LogP contribution in [0.5, 0.6) is 0 Å². The quantitative estimate of drug-likeness (QED) is 0.602. The summed E-state index contributed by atoms with van der Waals surface area (Å²) in [6, 6.07) is 15.7. The fourth-order valence-corrected chi connectivity index (χ4v) is 3.94. The van der Waals surface area contributed by atoms with Gasteiger partial charge in [0.15, 0.2) is 0 Å². The maximum atomic E-state index is 11.2. The van der Waals surface area contributed by atoms with E-state index < -0.39 is 0 Å². The number of H-pyrrole nitrogens is 1. The molecular formula is C24H23ClN2O. The molecule has 1 aliphatic rings. The second-order valence-electron chi connectivity index (χ2n) is 7.49. The van der Waals surface area contributed by atoms with Crippen molar-refractivity contribution in [1.29, 1.82) is 0 Å². The Morgan fingerprint density at radius 3 is 2.46 bits per heavy atom. The number of nitrogens with one attached hydrogen (secondary N) is 1. The van der Waals surface area contributed by atoms with Crippen LogP contribution in [0.25, 0.3) is 17.3 Å². The second kappa shape index (κ2) is 8.57. The van der Waals surface area contributed by atoms with E-state index in [0.717, 1.165) is 47.0 Å². The van der Waals surface area contributed by atoms with Gasteiger partial charge in [0.1, 0.15) is 0 Å². The molecule has 0 saturated heterocycles. The van der Waals surface area contributed by atoms with E-state index in [-0.39, 0.29) is 5.56 Å². The van der Waals surface area contributed by atoms with E-state index >= 15 is 0 Å². The molecule has 0 amide bonds. The van der Waals surface area contributed by atoms with Gasteiger partial charge in [-0.05, 0) is 73.4 Å². The second-order valence-corrected chi connectivity index (χ2v) is 7.93. The number of benzene rings is 1. The first-order chi connectivity index (χ1) is 13.7. The maximum absolute atomic E-state index is 11.2. The fraction of sp³-hybridized carbons (Fsp3) is 0.250. The molecule has 2 heterocycles. The van der Waals surface area contributed by atoms with Crippen molar-refractivity contribution in [3.05, 3.63) is 93.0 Å². The summed E-state index contributed by atoms with van der Waals surface area (Å²) >= 11 is 5.97. The van der Waals surface area contributed by atoms with E-state index in [0.29, 0.717) is 0 Å². The fourth-order valence-electron chi connectivity index (χ4n) is 3.82. The van der Waals surface area contributed by atoms with Crippen LogP contribution in [0.2, 0.25) is 5.02 Å². The maximum Gasteiger partial charge on any atom is 0.247 e. The molecule has 0 radical (unpaired) electrons. The number of pyridine rings is 2. The van der Waals surface area contributed by atoms with Gasteiger partial charge in [-0.3, -0.25) is 9.78 Å². The zero-order valence-electron chi connectivity index (χ0n) is 15.7. The standard InChI is InChI=1S/C24H23ClN2O/c25-22-9-5-19(6-10-22)13-17-1-3-18(4-2-17)14-20-7-11-23(26-15-20)21-8-12-24(28)27-16-21/h5-12,14-17H,1-4,13H2,(H,27,28). The lowest BCUT2D eigenvalue weighted by Gasteiger charge is -2.24. The van der Waals surface area contributed by atoms with E-state index in [1.54, 1.807) is 12.3 Å². The van der Waals surface area contributed by atoms with Gasteiger partial charge in [-0.2, -0.15) is 0 Å². The van der Waals surface area contributed by atoms with E-state index in [1.165, 1.54) is 30.0 Å². The highest BCUT2D eigenvalue weighted by atomic mass is 35.5. The summed E-state index contributed by atoms with van der Waals surface area (Å²) in [5.41, 5.74) is 5.71. The molecule has 3 aromatic rings. The van der Waals surface area contributed by atoms with Gasteiger partial charge in [0.05, 0.1) is 5.69 Å². The number of hydrogen-bond acceptors (Lipinski definition) is 2. The van der Waals surface area contributed by atoms with Crippen LogP contribution >= 0.6 is 11.6 Å². The zero-order chi connectivity index (χ0) is 19.3. The number of aromatic amines is 1. The summed E-state index contributed by atoms with van der Waals surface area (Å²) in [5, 5.41) is 0.804. The lowest BCUT2D eigenvalue weighted by atomic mass is 9.82. The van der Waals surface area contributed by atoms with Crippen molar-refractivity contribution >= 4 is 17.7 Å². The number of rotatable bonds is 4. The highest BCUT2D eigenvalue weighted by molar-refractivity contribution is 6.30. The average Bonchev–Trinajstić information content (AvgIpc) is 2.72. The van der Waals surface area contributed by atoms with Gasteiger partial charge < -0.3 is 4.98 Å². The molecule has 1 N–H and O–H groups in total. The van der Waals surface area contributed by atoms with Crippen LogP contribution in [0.15, 0.2) is 71.3 Å². The minimum atomic E-state index is -0.100. The average molecular weight is 391 g/mol. The lowest BCUT2D eigenvalue weighted by molar-refractivity contribution is 0.408. The van der Waals surface area contributed by atoms with Crippen LogP contribution < -0.4 is 5.56 Å². The van der Waals surface area contributed by atoms with Gasteiger partial charge in [-0.25, -0.2) is 0 Å². The van der Waals surface area contributed by atoms with Gasteiger partial charge in [-0.1, -0.05) is 41.4 Å². The molecule has 4 rings (SSSR count). The SMILES string of the molecule is O=c1ccc(-c2ccc(C=C3CCC(Cc4ccc(Cl)cc4)CC3)cn2)c[nH]1. The number of nitrogens with zero attached hydrogens (tertiary/aromatic N) is 1. The van der Waals surface area contributed by atoms with Crippen LogP contribution in [0, 0.1) is 5.92 Å². The summed E-state index contributed by atoms with van der Waals surface area (Å²) in [5.74, 6) is 0.749. The normalized spacial score (nSPS) is 16.8. The molecule has 28 heavy (non-hydrogen) atoms. The Labute approximate surface area is 170 Å². The van der Waals surface area contributed by atoms with Crippen molar-refractivity contribution in [2.45, 2.75) is 32.1 Å². The highest BCUT2D eigenvalue weighted by Crippen LogP contribution is 2.32. The number of allylic oxidation sites excluding steroid dienone is 1. The molecule has 3 nitrogen and oxygen atoms in total. The Morgan fingerprint density at radius 2 is 1.82 bits per heavy atom. The number of hydrogen-bond donors (Lipinski definition) is 1. The van der Waals surface area contributed by atoms with Crippen LogP contribution in [0.3, 0.4) is 0 Å². The molecule has 1 aliphatic carbocycles. The van der Waals surface area contributed by atoms with E-state index in [1.807, 2.05) is 24.4 Å². The predicted molar refractivity (Wildman–Crippen MR) is 115 cm³/mol. The summed E-state index contributed by atoms with van der Waals surface area (Å²) < 4.78 is 0. The van der Waals surface area contributed by atoms with E-state index in [2.05, 4.69) is 34.2 Å². The highest BCUT2D eigenvalue weighted by Gasteiger charge is 2.17. The smallest absolute Gasteiger partial charge is 0.247 e. The Bertz CT molecular complexity index is 989. The topological polar surface area (TPSA) is 45.8 Å². The van der Waals surface area contributed by atoms with Gasteiger partial charge in [-0.15, -0.1) is 0 Å². The Kier molecular flexibility index (Phi) is 5.73. The Morgan fingerprint density at radius 1 is 1.04 bits per heavy atom. The van der Waals surface area contributed by atoms with Crippen molar-refractivity contribution in [3.8, 4) is 11.3 Å². The molecule has 0 aliphatic heterocycles. The van der Waals surface area contributed by atoms with Crippen molar-refractivity contribution in [2.75, 3.05) is 0 Å². The van der Waals surface area contributed by atoms with Gasteiger partial charge in [0.2, 0.25) is 5.56 Å². The third-order valence-corrected chi connectivity index (χ3v) is 5.67. The number of halogens is 1. The summed E-state index contributed by atoms with van der Waals surface area (Å²) in [7, 11) is 0. The van der Waals surface area contributed by atoms with Crippen LogP contribution in [-0.4, -0.2) is 9.97 Å². The molecule has 142 valence electrons. The Hall–Kier alpha value is -2.65. The lowest BCUT2D eigenvalue weighted by Crippen LogP contribution is -2.10. The molecule has 1 aromatic carbocycles. The van der Waals surface area contributed by atoms with Crippen molar-refractivity contribution in [3.63, 3.8) is 0 Å². The number of aromatic nitrogens is 2. The molecule has 0 unspecified atom stereocenters. The molecule has 1 fully saturated rings. The molecule has 0 atom stereocenters. The van der Waals surface area contributed by atoms with E-state index in [4.69, 9.17) is 11.6 Å². The first kappa shape index (κ1) is 18.7. The van der Waals surface area contributed by atoms with Crippen molar-refractivity contribution < 1.29 is 0 Å². The predicted octanol–water partition coefficient (Wildman–Crippen LogP) is 5.91. The van der Waals surface area contributed by atoms with Crippen LogP contribution in [0.4, 0.5) is 0 Å². The molecule has 0 spiro atoms. The van der Waals surface area contributed by atoms with Gasteiger partial charge in [0, 0.05) is 29.0 Å². The molecular weight excluding hydrogens is 368 g/mol. The van der Waals surface area contributed by atoms with Crippen LogP contribution in [0.1, 0.15) is 36.8 Å². The first-order valence-electron chi connectivity index (χ1n) is 9.75. The minimum absolute atomic E-state index is 0.100. The Balaban J connectivity index is 1.35. The van der Waals surface area contributed by atoms with Gasteiger partial charge >= 0.3 is 0 Å². The van der Waals surface area contributed by atoms with Crippen molar-refractivity contribution in [2.24, 2.45) is 5.92 Å². The van der Waals surface area contributed by atoms with Crippen molar-refractivity contribution in [1.82, 2.24) is 9.97 Å². The van der Waals surface area contributed by atoms with E-state index in [9.17, 15) is 4.79 Å². The third kappa shape index (κ3) is 4.79. The largest absolute Gasteiger partial charge is 0.328 e. The summed E-state index contributed by atoms with van der Waals surface area (Å²) in [6.07, 6.45) is 11.8. The van der Waals surface area contributed by atoms with Gasteiger partial charge in [0.25, 0.3) is 0 Å². The summed E-state index contributed by atoms with van der Waals surface area (Å²) in [6.45, 7) is 0.